The van der Waals surface area contributed by atoms with Crippen LogP contribution in [0.2, 0.25) is 0 Å². The molecule has 2 heterocycles. The first kappa shape index (κ1) is 11.8. The Morgan fingerprint density at radius 1 is 1.50 bits per heavy atom. The number of H-pyrrole nitrogens is 1. The molecule has 18 heavy (non-hydrogen) atoms. The summed E-state index contributed by atoms with van der Waals surface area (Å²) in [6, 6.07) is 0. The molecule has 0 aliphatic carbocycles. The van der Waals surface area contributed by atoms with Gasteiger partial charge in [-0.15, -0.1) is 5.10 Å². The molecule has 0 spiro atoms. The van der Waals surface area contributed by atoms with Crippen molar-refractivity contribution in [2.45, 2.75) is 13.1 Å². The molecule has 0 aliphatic rings. The molecule has 0 saturated carbocycles. The highest BCUT2D eigenvalue weighted by Crippen LogP contribution is 1.95. The monoisotopic (exact) mass is 250 g/mol. The van der Waals surface area contributed by atoms with Crippen molar-refractivity contribution in [2.24, 2.45) is 0 Å². The highest BCUT2D eigenvalue weighted by Gasteiger charge is 2.08. The first-order valence-corrected chi connectivity index (χ1v) is 5.02. The topological polar surface area (TPSA) is 126 Å². The van der Waals surface area contributed by atoms with Crippen LogP contribution in [0.5, 0.6) is 0 Å². The second-order valence-corrected chi connectivity index (χ2v) is 3.45. The van der Waals surface area contributed by atoms with Crippen LogP contribution < -0.4 is 5.32 Å². The van der Waals surface area contributed by atoms with Gasteiger partial charge in [-0.2, -0.15) is 0 Å². The quantitative estimate of drug-likeness (QED) is 0.625. The Labute approximate surface area is 101 Å². The summed E-state index contributed by atoms with van der Waals surface area (Å²) in [4.78, 5) is 28.3. The number of aromatic nitrogens is 5. The molecule has 0 radical (unpaired) electrons. The first-order chi connectivity index (χ1) is 8.65. The lowest BCUT2D eigenvalue weighted by molar-refractivity contribution is -0.137. The number of aliphatic carboxylic acids is 1. The third-order valence-electron chi connectivity index (χ3n) is 2.06. The normalized spacial score (nSPS) is 10.2. The number of carbonyl (C=O) groups excluding carboxylic acids is 1. The van der Waals surface area contributed by atoms with Crippen LogP contribution in [0.3, 0.4) is 0 Å². The number of carboxylic acid groups (broad SMARTS) is 1. The van der Waals surface area contributed by atoms with Crippen LogP contribution in [0.25, 0.3) is 0 Å². The zero-order chi connectivity index (χ0) is 13.0. The van der Waals surface area contributed by atoms with Gasteiger partial charge >= 0.3 is 5.97 Å². The van der Waals surface area contributed by atoms with E-state index in [1.54, 1.807) is 0 Å². The zero-order valence-electron chi connectivity index (χ0n) is 9.20. The van der Waals surface area contributed by atoms with Crippen LogP contribution in [0.1, 0.15) is 16.2 Å². The number of imidazole rings is 1. The smallest absolute Gasteiger partial charge is 0.325 e. The molecule has 94 valence electrons. The fourth-order valence-electron chi connectivity index (χ4n) is 1.28. The molecule has 2 aromatic rings. The largest absolute Gasteiger partial charge is 0.480 e. The van der Waals surface area contributed by atoms with E-state index >= 15 is 0 Å². The number of hydrogen-bond donors (Lipinski definition) is 3. The first-order valence-electron chi connectivity index (χ1n) is 5.02. The molecule has 0 unspecified atom stereocenters. The van der Waals surface area contributed by atoms with Crippen LogP contribution in [-0.2, 0) is 17.9 Å². The van der Waals surface area contributed by atoms with Gasteiger partial charge in [0, 0.05) is 0 Å². The van der Waals surface area contributed by atoms with Gasteiger partial charge in [0.15, 0.2) is 0 Å². The van der Waals surface area contributed by atoms with Crippen molar-refractivity contribution in [3.63, 3.8) is 0 Å². The number of rotatable bonds is 5. The molecule has 1 amide bonds. The lowest BCUT2D eigenvalue weighted by atomic mass is 10.4. The minimum absolute atomic E-state index is 0.164. The third-order valence-corrected chi connectivity index (χ3v) is 2.06. The van der Waals surface area contributed by atoms with Gasteiger partial charge in [-0.25, -0.2) is 9.67 Å². The standard InChI is InChI=1S/C9H10N6O3/c16-8(17)4-15-3-6(13-14-15)1-11-9(18)7-2-10-5-12-7/h2-3,5H,1,4H2,(H,10,12)(H,11,18)(H,16,17). The predicted molar refractivity (Wildman–Crippen MR) is 57.4 cm³/mol. The number of aromatic amines is 1. The van der Waals surface area contributed by atoms with Crippen molar-refractivity contribution in [3.8, 4) is 0 Å². The van der Waals surface area contributed by atoms with E-state index < -0.39 is 5.97 Å². The Balaban J connectivity index is 1.88. The fourth-order valence-corrected chi connectivity index (χ4v) is 1.28. The maximum absolute atomic E-state index is 11.5. The molecule has 0 fully saturated rings. The second kappa shape index (κ2) is 5.08. The molecule has 2 rings (SSSR count). The van der Waals surface area contributed by atoms with Gasteiger partial charge in [0.1, 0.15) is 17.9 Å². The Morgan fingerprint density at radius 3 is 3.00 bits per heavy atom. The van der Waals surface area contributed by atoms with E-state index in [0.29, 0.717) is 11.4 Å². The number of amides is 1. The molecular formula is C9H10N6O3. The predicted octanol–water partition coefficient (Wildman–Crippen LogP) is -0.984. The van der Waals surface area contributed by atoms with Crippen LogP contribution in [0.4, 0.5) is 0 Å². The average Bonchev–Trinajstić information content (AvgIpc) is 2.95. The van der Waals surface area contributed by atoms with Gasteiger partial charge in [0.25, 0.3) is 5.91 Å². The molecule has 0 bridgehead atoms. The second-order valence-electron chi connectivity index (χ2n) is 3.45. The number of nitrogens with one attached hydrogen (secondary N) is 2. The van der Waals surface area contributed by atoms with E-state index in [2.05, 4.69) is 25.6 Å². The lowest BCUT2D eigenvalue weighted by Crippen LogP contribution is -2.23. The highest BCUT2D eigenvalue weighted by atomic mass is 16.4. The molecule has 0 saturated heterocycles. The SMILES string of the molecule is O=C(O)Cn1cc(CNC(=O)c2cnc[nH]2)nn1. The Kier molecular flexibility index (Phi) is 3.32. The van der Waals surface area contributed by atoms with Gasteiger partial charge in [0.05, 0.1) is 25.3 Å². The van der Waals surface area contributed by atoms with Gasteiger partial charge in [-0.3, -0.25) is 9.59 Å². The van der Waals surface area contributed by atoms with Crippen LogP contribution in [0.15, 0.2) is 18.7 Å². The molecule has 9 nitrogen and oxygen atoms in total. The summed E-state index contributed by atoms with van der Waals surface area (Å²) in [6.07, 6.45) is 4.26. The third kappa shape index (κ3) is 2.90. The van der Waals surface area contributed by atoms with E-state index in [-0.39, 0.29) is 19.0 Å². The van der Waals surface area contributed by atoms with Gasteiger partial charge in [0.2, 0.25) is 0 Å². The van der Waals surface area contributed by atoms with Crippen LogP contribution in [0, 0.1) is 0 Å². The highest BCUT2D eigenvalue weighted by molar-refractivity contribution is 5.91. The van der Waals surface area contributed by atoms with Crippen LogP contribution in [-0.4, -0.2) is 41.9 Å². The van der Waals surface area contributed by atoms with Gasteiger partial charge in [-0.05, 0) is 0 Å². The summed E-state index contributed by atoms with van der Waals surface area (Å²) in [6.45, 7) is -0.0982. The molecule has 3 N–H and O–H groups in total. The fraction of sp³-hybridized carbons (Fsp3) is 0.222. The van der Waals surface area contributed by atoms with E-state index in [9.17, 15) is 9.59 Å². The maximum Gasteiger partial charge on any atom is 0.325 e. The van der Waals surface area contributed by atoms with Crippen molar-refractivity contribution in [1.29, 1.82) is 0 Å². The number of hydrogen-bond acceptors (Lipinski definition) is 5. The summed E-state index contributed by atoms with van der Waals surface area (Å²) in [5, 5.41) is 18.5. The number of carbonyl (C=O) groups is 2. The summed E-state index contributed by atoms with van der Waals surface area (Å²) in [5.41, 5.74) is 0.817. The summed E-state index contributed by atoms with van der Waals surface area (Å²) in [7, 11) is 0. The molecule has 2 aromatic heterocycles. The minimum atomic E-state index is -1.01. The average molecular weight is 250 g/mol. The molecule has 0 atom stereocenters. The van der Waals surface area contributed by atoms with E-state index in [4.69, 9.17) is 5.11 Å². The van der Waals surface area contributed by atoms with E-state index in [0.717, 1.165) is 0 Å². The maximum atomic E-state index is 11.5. The van der Waals surface area contributed by atoms with Crippen molar-refractivity contribution < 1.29 is 14.7 Å². The number of nitrogens with zero attached hydrogens (tertiary/aromatic N) is 4. The molecule has 0 aliphatic heterocycles. The van der Waals surface area contributed by atoms with E-state index in [1.807, 2.05) is 0 Å². The van der Waals surface area contributed by atoms with Crippen molar-refractivity contribution >= 4 is 11.9 Å². The van der Waals surface area contributed by atoms with Crippen LogP contribution >= 0.6 is 0 Å². The van der Waals surface area contributed by atoms with Gasteiger partial charge < -0.3 is 15.4 Å². The van der Waals surface area contributed by atoms with Crippen molar-refractivity contribution in [2.75, 3.05) is 0 Å². The Bertz CT molecular complexity index is 546. The summed E-state index contributed by atoms with van der Waals surface area (Å²) in [5.74, 6) is -1.33. The lowest BCUT2D eigenvalue weighted by Gasteiger charge is -1.99. The molecular weight excluding hydrogens is 240 g/mol. The number of carboxylic acids is 1. The summed E-state index contributed by atoms with van der Waals surface area (Å²) < 4.78 is 1.18. The molecule has 0 aromatic carbocycles. The van der Waals surface area contributed by atoms with Gasteiger partial charge in [-0.1, -0.05) is 5.21 Å². The van der Waals surface area contributed by atoms with Crippen molar-refractivity contribution in [3.05, 3.63) is 30.1 Å². The van der Waals surface area contributed by atoms with Crippen molar-refractivity contribution in [1.82, 2.24) is 30.3 Å². The minimum Gasteiger partial charge on any atom is -0.480 e. The Hall–Kier alpha value is -2.71. The van der Waals surface area contributed by atoms with E-state index in [1.165, 1.54) is 23.4 Å². The Morgan fingerprint density at radius 2 is 2.33 bits per heavy atom. The zero-order valence-corrected chi connectivity index (χ0v) is 9.20. The summed E-state index contributed by atoms with van der Waals surface area (Å²) >= 11 is 0. The molecule has 9 heteroatoms.